The van der Waals surface area contributed by atoms with Crippen molar-refractivity contribution < 1.29 is 9.60 Å². The van der Waals surface area contributed by atoms with Crippen LogP contribution in [0.4, 0.5) is 10.1 Å². The Labute approximate surface area is 167 Å². The first-order chi connectivity index (χ1) is 14.0. The van der Waals surface area contributed by atoms with Crippen molar-refractivity contribution in [3.63, 3.8) is 0 Å². The van der Waals surface area contributed by atoms with Gasteiger partial charge in [-0.15, -0.1) is 0 Å². The highest BCUT2D eigenvalue weighted by Gasteiger charge is 2.10. The summed E-state index contributed by atoms with van der Waals surface area (Å²) >= 11 is 0. The summed E-state index contributed by atoms with van der Waals surface area (Å²) < 4.78 is 13.8. The fourth-order valence-corrected chi connectivity index (χ4v) is 2.82. The van der Waals surface area contributed by atoms with Gasteiger partial charge in [0.1, 0.15) is 11.3 Å². The molecule has 1 N–H and O–H groups in total. The van der Waals surface area contributed by atoms with Gasteiger partial charge in [0.05, 0.1) is 17.6 Å². The molecule has 2 aromatic heterocycles. The number of allylic oxidation sites excluding steroid dienone is 3. The smallest absolute Gasteiger partial charge is 0.309 e. The van der Waals surface area contributed by atoms with Crippen LogP contribution in [0, 0.1) is 5.82 Å². The Morgan fingerprint density at radius 3 is 2.72 bits per heavy atom. The molecule has 0 aliphatic heterocycles. The van der Waals surface area contributed by atoms with Gasteiger partial charge in [-0.2, -0.15) is 4.73 Å². The summed E-state index contributed by atoms with van der Waals surface area (Å²) in [5.74, 6) is -0.294. The average molecular weight is 392 g/mol. The molecule has 7 heteroatoms. The molecule has 0 fully saturated rings. The van der Waals surface area contributed by atoms with Crippen LogP contribution in [0.25, 0.3) is 10.9 Å². The quantitative estimate of drug-likeness (QED) is 0.510. The molecule has 1 aromatic carbocycles. The van der Waals surface area contributed by atoms with E-state index in [2.05, 4.69) is 9.98 Å². The first-order valence-corrected chi connectivity index (χ1v) is 9.01. The van der Waals surface area contributed by atoms with E-state index >= 15 is 0 Å². The van der Waals surface area contributed by atoms with E-state index in [0.29, 0.717) is 16.7 Å². The molecule has 3 aromatic rings. The third-order valence-corrected chi connectivity index (χ3v) is 4.33. The summed E-state index contributed by atoms with van der Waals surface area (Å²) in [6.07, 6.45) is 10.4. The lowest BCUT2D eigenvalue weighted by Gasteiger charge is -2.21. The molecule has 0 aliphatic rings. The van der Waals surface area contributed by atoms with Crippen LogP contribution in [0.1, 0.15) is 12.5 Å². The molecular formula is C22H21FN4O2. The Morgan fingerprint density at radius 1 is 1.28 bits per heavy atom. The zero-order valence-electron chi connectivity index (χ0n) is 16.2. The Balaban J connectivity index is 2.02. The van der Waals surface area contributed by atoms with Crippen molar-refractivity contribution in [3.8, 4) is 0 Å². The molecule has 0 aliphatic carbocycles. The Hall–Kier alpha value is -3.74. The van der Waals surface area contributed by atoms with Crippen molar-refractivity contribution in [2.24, 2.45) is 4.99 Å². The monoisotopic (exact) mass is 392 g/mol. The number of pyridine rings is 2. The van der Waals surface area contributed by atoms with E-state index in [-0.39, 0.29) is 11.3 Å². The summed E-state index contributed by atoms with van der Waals surface area (Å²) in [4.78, 5) is 22.4. The van der Waals surface area contributed by atoms with Crippen LogP contribution in [-0.4, -0.2) is 27.7 Å². The van der Waals surface area contributed by atoms with Crippen molar-refractivity contribution in [1.29, 1.82) is 0 Å². The second-order valence-electron chi connectivity index (χ2n) is 6.32. The summed E-state index contributed by atoms with van der Waals surface area (Å²) in [6.45, 7) is 2.38. The lowest BCUT2D eigenvalue weighted by molar-refractivity contribution is 0.176. The van der Waals surface area contributed by atoms with Gasteiger partial charge in [0.25, 0.3) is 0 Å². The third-order valence-electron chi connectivity index (χ3n) is 4.33. The fourth-order valence-electron chi connectivity index (χ4n) is 2.82. The summed E-state index contributed by atoms with van der Waals surface area (Å²) in [5.41, 5.74) is 2.03. The van der Waals surface area contributed by atoms with Crippen molar-refractivity contribution in [1.82, 2.24) is 9.71 Å². The molecule has 0 spiro atoms. The van der Waals surface area contributed by atoms with Crippen LogP contribution in [0.2, 0.25) is 0 Å². The second kappa shape index (κ2) is 8.97. The van der Waals surface area contributed by atoms with Gasteiger partial charge < -0.3 is 10.1 Å². The van der Waals surface area contributed by atoms with Crippen LogP contribution in [-0.2, 0) is 6.54 Å². The molecule has 0 saturated carbocycles. The minimum Gasteiger partial charge on any atom is -0.425 e. The number of benzene rings is 1. The molecule has 29 heavy (non-hydrogen) atoms. The van der Waals surface area contributed by atoms with E-state index in [4.69, 9.17) is 0 Å². The van der Waals surface area contributed by atoms with Crippen LogP contribution < -0.4 is 10.5 Å². The predicted molar refractivity (Wildman–Crippen MR) is 113 cm³/mol. The molecular weight excluding hydrogens is 371 g/mol. The first-order valence-electron chi connectivity index (χ1n) is 9.01. The second-order valence-corrected chi connectivity index (χ2v) is 6.32. The molecule has 0 amide bonds. The van der Waals surface area contributed by atoms with Crippen molar-refractivity contribution in [2.75, 3.05) is 11.9 Å². The Bertz CT molecular complexity index is 1150. The zero-order chi connectivity index (χ0) is 20.8. The van der Waals surface area contributed by atoms with Gasteiger partial charge in [-0.05, 0) is 48.9 Å². The molecule has 0 radical (unpaired) electrons. The summed E-state index contributed by atoms with van der Waals surface area (Å²) in [5, 5.41) is 10.1. The number of anilines is 1. The minimum atomic E-state index is -0.580. The molecule has 2 heterocycles. The predicted octanol–water partition coefficient (Wildman–Crippen LogP) is 3.94. The van der Waals surface area contributed by atoms with E-state index in [9.17, 15) is 14.4 Å². The Morgan fingerprint density at radius 2 is 2.03 bits per heavy atom. The van der Waals surface area contributed by atoms with Crippen LogP contribution in [0.5, 0.6) is 0 Å². The molecule has 6 nitrogen and oxygen atoms in total. The zero-order valence-corrected chi connectivity index (χ0v) is 16.2. The molecule has 0 unspecified atom stereocenters. The number of aliphatic imine (C=N–C) groups is 1. The Kier molecular flexibility index (Phi) is 6.19. The molecule has 0 bridgehead atoms. The van der Waals surface area contributed by atoms with Gasteiger partial charge >= 0.3 is 5.56 Å². The van der Waals surface area contributed by atoms with Gasteiger partial charge in [-0.25, -0.2) is 9.37 Å². The maximum Gasteiger partial charge on any atom is 0.309 e. The molecule has 0 saturated heterocycles. The van der Waals surface area contributed by atoms with Gasteiger partial charge in [0.2, 0.25) is 0 Å². The minimum absolute atomic E-state index is 0.175. The van der Waals surface area contributed by atoms with Gasteiger partial charge in [-0.1, -0.05) is 18.2 Å². The lowest BCUT2D eigenvalue weighted by atomic mass is 10.2. The number of hydrogen-bond acceptors (Lipinski definition) is 5. The first kappa shape index (κ1) is 20.0. The summed E-state index contributed by atoms with van der Waals surface area (Å²) in [6, 6.07) is 9.70. The van der Waals surface area contributed by atoms with E-state index in [1.807, 2.05) is 42.3 Å². The van der Waals surface area contributed by atoms with Crippen LogP contribution >= 0.6 is 0 Å². The highest BCUT2D eigenvalue weighted by Crippen LogP contribution is 2.21. The highest BCUT2D eigenvalue weighted by atomic mass is 19.1. The number of halogens is 1. The third kappa shape index (κ3) is 4.76. The van der Waals surface area contributed by atoms with E-state index in [1.54, 1.807) is 31.4 Å². The van der Waals surface area contributed by atoms with Crippen molar-refractivity contribution in [3.05, 3.63) is 95.0 Å². The van der Waals surface area contributed by atoms with Gasteiger partial charge in [0, 0.05) is 31.4 Å². The SMILES string of the molecule is C/C=C\C(/C=C/N(Cc1ccc(F)cc1)c1cnc2c(=O)n(O)ccc2c1)=NC. The number of hydrogen-bond donors (Lipinski definition) is 1. The van der Waals surface area contributed by atoms with Crippen LogP contribution in [0.15, 0.2) is 83.0 Å². The van der Waals surface area contributed by atoms with Crippen molar-refractivity contribution in [2.45, 2.75) is 13.5 Å². The highest BCUT2D eigenvalue weighted by molar-refractivity contribution is 6.04. The van der Waals surface area contributed by atoms with Gasteiger partial charge in [0.15, 0.2) is 0 Å². The van der Waals surface area contributed by atoms with E-state index in [0.717, 1.165) is 17.0 Å². The van der Waals surface area contributed by atoms with Crippen molar-refractivity contribution >= 4 is 22.3 Å². The fraction of sp³-hybridized carbons (Fsp3) is 0.136. The van der Waals surface area contributed by atoms with Crippen LogP contribution in [0.3, 0.4) is 0 Å². The number of nitrogens with zero attached hydrogens (tertiary/aromatic N) is 4. The lowest BCUT2D eigenvalue weighted by Crippen LogP contribution is -2.19. The maximum absolute atomic E-state index is 13.3. The molecule has 148 valence electrons. The maximum atomic E-state index is 13.3. The number of aromatic nitrogens is 2. The number of fused-ring (bicyclic) bond motifs is 1. The average Bonchev–Trinajstić information content (AvgIpc) is 2.74. The topological polar surface area (TPSA) is 70.7 Å². The van der Waals surface area contributed by atoms with Gasteiger partial charge in [-0.3, -0.25) is 9.79 Å². The normalized spacial score (nSPS) is 12.3. The standard InChI is InChI=1S/C22H21FN4O2/c1-3-4-19(24-2)10-11-26(15-16-5-7-18(23)8-6-16)20-13-17-9-12-27(29)22(28)21(17)25-14-20/h3-14,29H,15H2,1-2H3/b4-3-,11-10+,24-19?. The number of rotatable bonds is 6. The largest absolute Gasteiger partial charge is 0.425 e. The molecule has 0 atom stereocenters. The van der Waals surface area contributed by atoms with E-state index in [1.165, 1.54) is 18.3 Å². The molecule has 3 rings (SSSR count). The summed E-state index contributed by atoms with van der Waals surface area (Å²) in [7, 11) is 1.71. The van der Waals surface area contributed by atoms with E-state index < -0.39 is 5.56 Å².